The Balaban J connectivity index is 3.11. The zero-order valence-electron chi connectivity index (χ0n) is 13.1. The highest BCUT2D eigenvalue weighted by Crippen LogP contribution is 2.23. The molecule has 116 valence electrons. The van der Waals surface area contributed by atoms with Crippen LogP contribution in [0.1, 0.15) is 54.0 Å². The lowest BCUT2D eigenvalue weighted by Crippen LogP contribution is -2.20. The monoisotopic (exact) mass is 312 g/mol. The fraction of sp³-hybridized carbons (Fsp3) is 0.500. The second-order valence-electron chi connectivity index (χ2n) is 6.00. The Morgan fingerprint density at radius 3 is 2.14 bits per heavy atom. The summed E-state index contributed by atoms with van der Waals surface area (Å²) in [6, 6.07) is 3.00. The minimum atomic E-state index is -0.574. The van der Waals surface area contributed by atoms with Crippen LogP contribution in [0.2, 0.25) is 5.02 Å². The minimum absolute atomic E-state index is 0.133. The molecule has 0 saturated heterocycles. The fourth-order valence-electron chi connectivity index (χ4n) is 1.59. The number of rotatable bonds is 4. The molecule has 0 heterocycles. The average molecular weight is 313 g/mol. The Kier molecular flexibility index (Phi) is 5.78. The summed E-state index contributed by atoms with van der Waals surface area (Å²) in [5, 5.41) is 0.408. The molecule has 0 spiro atoms. The van der Waals surface area contributed by atoms with Crippen LogP contribution in [0.15, 0.2) is 12.1 Å². The van der Waals surface area contributed by atoms with Crippen molar-refractivity contribution in [1.29, 1.82) is 0 Å². The first-order valence-electron chi connectivity index (χ1n) is 6.80. The molecule has 1 rings (SSSR count). The Morgan fingerprint density at radius 1 is 1.10 bits per heavy atom. The van der Waals surface area contributed by atoms with Gasteiger partial charge < -0.3 is 9.47 Å². The van der Waals surface area contributed by atoms with Gasteiger partial charge >= 0.3 is 11.9 Å². The van der Waals surface area contributed by atoms with Gasteiger partial charge in [-0.25, -0.2) is 9.59 Å². The molecule has 4 nitrogen and oxygen atoms in total. The van der Waals surface area contributed by atoms with Gasteiger partial charge in [0, 0.05) is 5.02 Å². The summed E-state index contributed by atoms with van der Waals surface area (Å²) in [4.78, 5) is 24.2. The molecule has 0 saturated carbocycles. The van der Waals surface area contributed by atoms with Crippen LogP contribution in [0.4, 0.5) is 0 Å². The maximum atomic E-state index is 12.2. The van der Waals surface area contributed by atoms with E-state index in [4.69, 9.17) is 21.1 Å². The van der Waals surface area contributed by atoms with Crippen molar-refractivity contribution in [3.63, 3.8) is 0 Å². The molecule has 0 aliphatic carbocycles. The molecule has 0 bridgehead atoms. The molecule has 0 N–H and O–H groups in total. The Hall–Kier alpha value is -1.55. The van der Waals surface area contributed by atoms with Crippen LogP contribution >= 0.6 is 11.6 Å². The van der Waals surface area contributed by atoms with E-state index in [0.717, 1.165) is 0 Å². The quantitative estimate of drug-likeness (QED) is 0.788. The summed E-state index contributed by atoms with van der Waals surface area (Å²) < 4.78 is 10.2. The van der Waals surface area contributed by atoms with Crippen molar-refractivity contribution in [2.24, 2.45) is 5.41 Å². The van der Waals surface area contributed by atoms with Crippen molar-refractivity contribution < 1.29 is 19.1 Å². The van der Waals surface area contributed by atoms with E-state index in [9.17, 15) is 9.59 Å². The van der Waals surface area contributed by atoms with Gasteiger partial charge in [-0.2, -0.15) is 0 Å². The fourth-order valence-corrected chi connectivity index (χ4v) is 1.75. The summed E-state index contributed by atoms with van der Waals surface area (Å²) in [5.41, 5.74) is 0.854. The summed E-state index contributed by atoms with van der Waals surface area (Å²) in [7, 11) is 0. The van der Waals surface area contributed by atoms with Crippen LogP contribution in [0.25, 0.3) is 0 Å². The van der Waals surface area contributed by atoms with Gasteiger partial charge in [0.15, 0.2) is 0 Å². The number of aryl methyl sites for hydroxylation is 1. The number of carbonyl (C=O) groups excluding carboxylic acids is 2. The average Bonchev–Trinajstić information content (AvgIpc) is 2.38. The SMILES string of the molecule is CCOC(=O)c1cc(C)c(Cl)cc1C(=O)OCC(C)(C)C. The second-order valence-corrected chi connectivity index (χ2v) is 6.41. The largest absolute Gasteiger partial charge is 0.462 e. The van der Waals surface area contributed by atoms with E-state index in [1.165, 1.54) is 6.07 Å². The van der Waals surface area contributed by atoms with Crippen LogP contribution in [-0.4, -0.2) is 25.2 Å². The predicted molar refractivity (Wildman–Crippen MR) is 81.9 cm³/mol. The zero-order valence-corrected chi connectivity index (χ0v) is 13.8. The first-order chi connectivity index (χ1) is 9.65. The predicted octanol–water partition coefficient (Wildman–Crippen LogP) is 4.03. The molecule has 0 aromatic heterocycles. The van der Waals surface area contributed by atoms with Crippen LogP contribution in [-0.2, 0) is 9.47 Å². The third-order valence-electron chi connectivity index (χ3n) is 2.65. The van der Waals surface area contributed by atoms with Crippen LogP contribution < -0.4 is 0 Å². The molecular weight excluding hydrogens is 292 g/mol. The Bertz CT molecular complexity index is 544. The molecule has 0 atom stereocenters. The Morgan fingerprint density at radius 2 is 1.62 bits per heavy atom. The van der Waals surface area contributed by atoms with Crippen molar-refractivity contribution in [3.05, 3.63) is 33.8 Å². The highest BCUT2D eigenvalue weighted by molar-refractivity contribution is 6.32. The van der Waals surface area contributed by atoms with E-state index in [1.807, 2.05) is 20.8 Å². The van der Waals surface area contributed by atoms with E-state index in [-0.39, 0.29) is 29.8 Å². The van der Waals surface area contributed by atoms with Gasteiger partial charge in [0.05, 0.1) is 24.3 Å². The molecule has 1 aromatic rings. The minimum Gasteiger partial charge on any atom is -0.462 e. The van der Waals surface area contributed by atoms with Crippen molar-refractivity contribution in [3.8, 4) is 0 Å². The maximum absolute atomic E-state index is 12.2. The third-order valence-corrected chi connectivity index (χ3v) is 3.06. The number of benzene rings is 1. The number of esters is 2. The zero-order chi connectivity index (χ0) is 16.2. The van der Waals surface area contributed by atoms with Gasteiger partial charge in [-0.15, -0.1) is 0 Å². The molecule has 0 radical (unpaired) electrons. The third kappa shape index (κ3) is 5.05. The summed E-state index contributed by atoms with van der Waals surface area (Å²) in [6.07, 6.45) is 0. The summed E-state index contributed by atoms with van der Waals surface area (Å²) in [6.45, 7) is 9.81. The number of halogens is 1. The van der Waals surface area contributed by atoms with Crippen LogP contribution in [0.3, 0.4) is 0 Å². The summed E-state index contributed by atoms with van der Waals surface area (Å²) >= 11 is 6.04. The van der Waals surface area contributed by atoms with Gasteiger partial charge in [-0.1, -0.05) is 32.4 Å². The van der Waals surface area contributed by atoms with Crippen LogP contribution in [0.5, 0.6) is 0 Å². The lowest BCUT2D eigenvalue weighted by Gasteiger charge is -2.18. The number of ether oxygens (including phenoxy) is 2. The van der Waals surface area contributed by atoms with Crippen molar-refractivity contribution >= 4 is 23.5 Å². The van der Waals surface area contributed by atoms with Crippen molar-refractivity contribution in [2.75, 3.05) is 13.2 Å². The summed E-state index contributed by atoms with van der Waals surface area (Å²) in [5.74, 6) is -1.13. The first kappa shape index (κ1) is 17.5. The topological polar surface area (TPSA) is 52.6 Å². The normalized spacial score (nSPS) is 11.1. The molecule has 21 heavy (non-hydrogen) atoms. The van der Waals surface area contributed by atoms with E-state index in [2.05, 4.69) is 0 Å². The van der Waals surface area contributed by atoms with Crippen LogP contribution in [0, 0.1) is 12.3 Å². The molecular formula is C16H21ClO4. The van der Waals surface area contributed by atoms with Gasteiger partial charge in [0.2, 0.25) is 0 Å². The van der Waals surface area contributed by atoms with E-state index in [1.54, 1.807) is 19.9 Å². The molecule has 0 unspecified atom stereocenters. The standard InChI is InChI=1S/C16H21ClO4/c1-6-20-14(18)11-7-10(2)13(17)8-12(11)15(19)21-9-16(3,4)5/h7-8H,6,9H2,1-5H3. The van der Waals surface area contributed by atoms with Crippen molar-refractivity contribution in [1.82, 2.24) is 0 Å². The van der Waals surface area contributed by atoms with E-state index < -0.39 is 11.9 Å². The Labute approximate surface area is 130 Å². The molecule has 0 aliphatic rings. The molecule has 0 amide bonds. The van der Waals surface area contributed by atoms with Crippen molar-refractivity contribution in [2.45, 2.75) is 34.6 Å². The van der Waals surface area contributed by atoms with Gasteiger partial charge in [-0.05, 0) is 37.0 Å². The number of hydrogen-bond acceptors (Lipinski definition) is 4. The first-order valence-corrected chi connectivity index (χ1v) is 7.18. The molecule has 5 heteroatoms. The second kappa shape index (κ2) is 6.94. The van der Waals surface area contributed by atoms with E-state index in [0.29, 0.717) is 10.6 Å². The highest BCUT2D eigenvalue weighted by atomic mass is 35.5. The molecule has 1 aromatic carbocycles. The lowest BCUT2D eigenvalue weighted by atomic mass is 9.98. The van der Waals surface area contributed by atoms with Gasteiger partial charge in [0.1, 0.15) is 0 Å². The van der Waals surface area contributed by atoms with Gasteiger partial charge in [0.25, 0.3) is 0 Å². The molecule has 0 fully saturated rings. The lowest BCUT2D eigenvalue weighted by molar-refractivity contribution is 0.0355. The highest BCUT2D eigenvalue weighted by Gasteiger charge is 2.22. The van der Waals surface area contributed by atoms with E-state index >= 15 is 0 Å². The molecule has 0 aliphatic heterocycles. The smallest absolute Gasteiger partial charge is 0.339 e. The number of hydrogen-bond donors (Lipinski definition) is 0. The maximum Gasteiger partial charge on any atom is 0.339 e. The van der Waals surface area contributed by atoms with Gasteiger partial charge in [-0.3, -0.25) is 0 Å². The number of carbonyl (C=O) groups is 2.